The molecule has 0 fully saturated rings. The first kappa shape index (κ1) is 16.3. The Morgan fingerprint density at radius 2 is 1.93 bits per heavy atom. The normalized spacial score (nSPS) is 12.5. The van der Waals surface area contributed by atoms with Crippen LogP contribution in [-0.4, -0.2) is 31.9 Å². The highest BCUT2D eigenvalue weighted by Gasteiger charge is 2.22. The molecule has 0 spiro atoms. The zero-order valence-corrected chi connectivity index (χ0v) is 15.2. The number of hydrogen-bond acceptors (Lipinski definition) is 8. The van der Waals surface area contributed by atoms with Crippen molar-refractivity contribution in [2.75, 3.05) is 12.5 Å². The number of fused-ring (bicyclic) bond motifs is 1. The molecule has 0 saturated carbocycles. The minimum atomic E-state index is 0.196. The fourth-order valence-electron chi connectivity index (χ4n) is 3.06. The molecule has 9 heteroatoms. The molecular weight excluding hydrogens is 360 g/mol. The molecule has 28 heavy (non-hydrogen) atoms. The van der Waals surface area contributed by atoms with Crippen molar-refractivity contribution in [3.05, 3.63) is 47.5 Å². The molecule has 0 amide bonds. The summed E-state index contributed by atoms with van der Waals surface area (Å²) in [6.45, 7) is 4.24. The van der Waals surface area contributed by atoms with Crippen LogP contribution in [0, 0.1) is 13.8 Å². The van der Waals surface area contributed by atoms with Gasteiger partial charge in [0.15, 0.2) is 23.0 Å². The standard InChI is InChI=1S/C19H16N6O3/c1-10-4-3-5-13(11(10)2)25-17(20)16(22-24-25)19-21-18(23-28-19)12-6-7-14-15(8-12)27-9-26-14/h3-8H,9,20H2,1-2H3. The summed E-state index contributed by atoms with van der Waals surface area (Å²) in [7, 11) is 0. The highest BCUT2D eigenvalue weighted by atomic mass is 16.7. The van der Waals surface area contributed by atoms with Gasteiger partial charge < -0.3 is 19.7 Å². The smallest absolute Gasteiger partial charge is 0.282 e. The number of anilines is 1. The van der Waals surface area contributed by atoms with Gasteiger partial charge in [-0.15, -0.1) is 5.10 Å². The van der Waals surface area contributed by atoms with E-state index in [9.17, 15) is 0 Å². The predicted molar refractivity (Wildman–Crippen MR) is 100 cm³/mol. The van der Waals surface area contributed by atoms with Crippen LogP contribution in [0.2, 0.25) is 0 Å². The van der Waals surface area contributed by atoms with Crippen LogP contribution in [0.4, 0.5) is 5.82 Å². The average molecular weight is 376 g/mol. The number of rotatable bonds is 3. The highest BCUT2D eigenvalue weighted by molar-refractivity contribution is 5.68. The van der Waals surface area contributed by atoms with Gasteiger partial charge in [-0.3, -0.25) is 0 Å². The summed E-state index contributed by atoms with van der Waals surface area (Å²) in [6, 6.07) is 11.3. The Labute approximate surface area is 159 Å². The van der Waals surface area contributed by atoms with Gasteiger partial charge in [0.25, 0.3) is 5.89 Å². The summed E-state index contributed by atoms with van der Waals surface area (Å²) in [5.74, 6) is 2.25. The topological polar surface area (TPSA) is 114 Å². The molecule has 4 aromatic rings. The molecule has 2 N–H and O–H groups in total. The second kappa shape index (κ2) is 6.08. The van der Waals surface area contributed by atoms with Crippen molar-refractivity contribution >= 4 is 5.82 Å². The Morgan fingerprint density at radius 1 is 1.07 bits per heavy atom. The fourth-order valence-corrected chi connectivity index (χ4v) is 3.06. The van der Waals surface area contributed by atoms with Crippen LogP contribution in [0.5, 0.6) is 11.5 Å². The molecule has 0 unspecified atom stereocenters. The first-order valence-corrected chi connectivity index (χ1v) is 8.63. The zero-order valence-electron chi connectivity index (χ0n) is 15.2. The van der Waals surface area contributed by atoms with E-state index in [-0.39, 0.29) is 12.7 Å². The lowest BCUT2D eigenvalue weighted by molar-refractivity contribution is 0.174. The summed E-state index contributed by atoms with van der Waals surface area (Å²) in [4.78, 5) is 4.41. The van der Waals surface area contributed by atoms with Crippen LogP contribution in [0.25, 0.3) is 28.7 Å². The molecule has 0 radical (unpaired) electrons. The molecule has 1 aliphatic heterocycles. The van der Waals surface area contributed by atoms with Crippen LogP contribution in [0.3, 0.4) is 0 Å². The molecule has 2 aromatic heterocycles. The van der Waals surface area contributed by atoms with Crippen molar-refractivity contribution in [1.82, 2.24) is 25.1 Å². The maximum atomic E-state index is 6.28. The van der Waals surface area contributed by atoms with E-state index < -0.39 is 0 Å². The number of ether oxygens (including phenoxy) is 2. The molecule has 2 aromatic carbocycles. The number of nitrogens with two attached hydrogens (primary N) is 1. The largest absolute Gasteiger partial charge is 0.454 e. The van der Waals surface area contributed by atoms with Crippen LogP contribution in [0.15, 0.2) is 40.9 Å². The third-order valence-corrected chi connectivity index (χ3v) is 4.77. The van der Waals surface area contributed by atoms with Gasteiger partial charge in [-0.05, 0) is 49.2 Å². The van der Waals surface area contributed by atoms with Crippen molar-refractivity contribution in [2.24, 2.45) is 0 Å². The van der Waals surface area contributed by atoms with Gasteiger partial charge in [-0.1, -0.05) is 22.5 Å². The first-order chi connectivity index (χ1) is 13.6. The molecule has 3 heterocycles. The number of nitrogen functional groups attached to an aromatic ring is 1. The van der Waals surface area contributed by atoms with E-state index in [1.165, 1.54) is 0 Å². The van der Waals surface area contributed by atoms with Crippen LogP contribution in [-0.2, 0) is 0 Å². The Bertz CT molecular complexity index is 1200. The van der Waals surface area contributed by atoms with E-state index in [0.717, 1.165) is 22.4 Å². The lowest BCUT2D eigenvalue weighted by Gasteiger charge is -2.08. The van der Waals surface area contributed by atoms with Gasteiger partial charge >= 0.3 is 0 Å². The van der Waals surface area contributed by atoms with E-state index in [2.05, 4.69) is 20.5 Å². The number of aryl methyl sites for hydroxylation is 1. The Morgan fingerprint density at radius 3 is 2.82 bits per heavy atom. The van der Waals surface area contributed by atoms with E-state index in [1.807, 2.05) is 38.1 Å². The van der Waals surface area contributed by atoms with Gasteiger partial charge in [0.2, 0.25) is 12.6 Å². The van der Waals surface area contributed by atoms with Gasteiger partial charge in [-0.25, -0.2) is 0 Å². The van der Waals surface area contributed by atoms with Gasteiger partial charge in [0, 0.05) is 5.56 Å². The third kappa shape index (κ3) is 2.48. The molecule has 140 valence electrons. The lowest BCUT2D eigenvalue weighted by Crippen LogP contribution is -2.05. The maximum Gasteiger partial charge on any atom is 0.282 e. The Balaban J connectivity index is 1.52. The summed E-state index contributed by atoms with van der Waals surface area (Å²) in [5.41, 5.74) is 10.4. The summed E-state index contributed by atoms with van der Waals surface area (Å²) in [5, 5.41) is 12.3. The SMILES string of the molecule is Cc1cccc(-n2nnc(-c3nc(-c4ccc5c(c4)OCO5)no3)c2N)c1C. The molecule has 0 saturated heterocycles. The first-order valence-electron chi connectivity index (χ1n) is 8.63. The Hall–Kier alpha value is -3.88. The van der Waals surface area contributed by atoms with Crippen molar-refractivity contribution < 1.29 is 14.0 Å². The minimum absolute atomic E-state index is 0.196. The van der Waals surface area contributed by atoms with Crippen molar-refractivity contribution in [3.63, 3.8) is 0 Å². The van der Waals surface area contributed by atoms with Crippen LogP contribution < -0.4 is 15.2 Å². The molecule has 0 atom stereocenters. The quantitative estimate of drug-likeness (QED) is 0.580. The van der Waals surface area contributed by atoms with Gasteiger partial charge in [-0.2, -0.15) is 9.67 Å². The summed E-state index contributed by atoms with van der Waals surface area (Å²) >= 11 is 0. The third-order valence-electron chi connectivity index (χ3n) is 4.77. The second-order valence-electron chi connectivity index (χ2n) is 6.45. The van der Waals surface area contributed by atoms with Gasteiger partial charge in [0.05, 0.1) is 5.69 Å². The molecule has 0 aliphatic carbocycles. The van der Waals surface area contributed by atoms with Crippen LogP contribution in [0.1, 0.15) is 11.1 Å². The van der Waals surface area contributed by atoms with E-state index in [4.69, 9.17) is 19.7 Å². The van der Waals surface area contributed by atoms with Crippen molar-refractivity contribution in [1.29, 1.82) is 0 Å². The average Bonchev–Trinajstić information content (AvgIpc) is 3.42. The van der Waals surface area contributed by atoms with E-state index >= 15 is 0 Å². The summed E-state index contributed by atoms with van der Waals surface area (Å²) < 4.78 is 17.7. The van der Waals surface area contributed by atoms with Crippen LogP contribution >= 0.6 is 0 Å². The predicted octanol–water partition coefficient (Wildman–Crippen LogP) is 2.91. The molecule has 9 nitrogen and oxygen atoms in total. The molecular formula is C19H16N6O3. The zero-order chi connectivity index (χ0) is 19.3. The fraction of sp³-hybridized carbons (Fsp3) is 0.158. The number of benzene rings is 2. The summed E-state index contributed by atoms with van der Waals surface area (Å²) in [6.07, 6.45) is 0. The number of hydrogen-bond donors (Lipinski definition) is 1. The molecule has 1 aliphatic rings. The minimum Gasteiger partial charge on any atom is -0.454 e. The number of nitrogens with zero attached hydrogens (tertiary/aromatic N) is 5. The second-order valence-corrected chi connectivity index (χ2v) is 6.45. The monoisotopic (exact) mass is 376 g/mol. The maximum absolute atomic E-state index is 6.28. The van der Waals surface area contributed by atoms with Crippen molar-refractivity contribution in [3.8, 4) is 40.2 Å². The van der Waals surface area contributed by atoms with E-state index in [0.29, 0.717) is 28.8 Å². The van der Waals surface area contributed by atoms with Gasteiger partial charge in [0.1, 0.15) is 0 Å². The molecule has 5 rings (SSSR count). The molecule has 0 bridgehead atoms. The lowest BCUT2D eigenvalue weighted by atomic mass is 10.1. The van der Waals surface area contributed by atoms with E-state index in [1.54, 1.807) is 16.8 Å². The highest BCUT2D eigenvalue weighted by Crippen LogP contribution is 2.36. The number of aromatic nitrogens is 5. The Kier molecular flexibility index (Phi) is 3.54. The van der Waals surface area contributed by atoms with Crippen molar-refractivity contribution in [2.45, 2.75) is 13.8 Å².